The van der Waals surface area contributed by atoms with Gasteiger partial charge < -0.3 is 19.6 Å². The number of fused-ring (bicyclic) bond motifs is 1. The molecule has 1 heterocycles. The van der Waals surface area contributed by atoms with E-state index in [0.717, 1.165) is 4.57 Å². The van der Waals surface area contributed by atoms with Crippen LogP contribution >= 0.6 is 0 Å². The summed E-state index contributed by atoms with van der Waals surface area (Å²) < 4.78 is 12.1. The van der Waals surface area contributed by atoms with Crippen LogP contribution in [0.5, 0.6) is 11.5 Å². The molecule has 2 N–H and O–H groups in total. The highest BCUT2D eigenvalue weighted by atomic mass is 16.5. The van der Waals surface area contributed by atoms with Gasteiger partial charge in [0.2, 0.25) is 0 Å². The Bertz CT molecular complexity index is 1130. The predicted octanol–water partition coefficient (Wildman–Crippen LogP) is 2.23. The Labute approximate surface area is 160 Å². The molecule has 3 rings (SSSR count). The maximum Gasteiger partial charge on any atom is 0.335 e. The van der Waals surface area contributed by atoms with E-state index in [1.165, 1.54) is 12.1 Å². The van der Waals surface area contributed by atoms with E-state index in [1.807, 2.05) is 13.8 Å². The lowest BCUT2D eigenvalue weighted by Gasteiger charge is -2.13. The van der Waals surface area contributed by atoms with Crippen molar-refractivity contribution in [1.29, 1.82) is 0 Å². The molecule has 0 unspecified atom stereocenters. The molecule has 0 saturated heterocycles. The molecule has 0 atom stereocenters. The fourth-order valence-corrected chi connectivity index (χ4v) is 2.88. The first-order valence-corrected chi connectivity index (χ1v) is 8.83. The number of carbonyl (C=O) groups is 1. The first kappa shape index (κ1) is 19.2. The fraction of sp³-hybridized carbons (Fsp3) is 0.250. The Morgan fingerprint density at radius 3 is 2.21 bits per heavy atom. The molecule has 8 heteroatoms. The number of rotatable bonds is 7. The number of H-pyrrole nitrogens is 1. The van der Waals surface area contributed by atoms with Crippen LogP contribution in [0.25, 0.3) is 10.9 Å². The van der Waals surface area contributed by atoms with Crippen molar-refractivity contribution in [1.82, 2.24) is 9.55 Å². The number of ether oxygens (including phenoxy) is 2. The predicted molar refractivity (Wildman–Crippen MR) is 104 cm³/mol. The van der Waals surface area contributed by atoms with E-state index in [2.05, 4.69) is 4.98 Å². The summed E-state index contributed by atoms with van der Waals surface area (Å²) in [5, 5.41) is 9.27. The number of aromatic carboxylic acids is 1. The first-order valence-electron chi connectivity index (χ1n) is 8.83. The highest BCUT2D eigenvalue weighted by Crippen LogP contribution is 2.30. The number of hydrogen-bond acceptors (Lipinski definition) is 5. The average Bonchev–Trinajstić information content (AvgIpc) is 2.67. The number of carboxylic acid groups (broad SMARTS) is 1. The Hall–Kier alpha value is -3.55. The summed E-state index contributed by atoms with van der Waals surface area (Å²) in [6.07, 6.45) is 0. The van der Waals surface area contributed by atoms with Gasteiger partial charge >= 0.3 is 11.7 Å². The topological polar surface area (TPSA) is 111 Å². The fourth-order valence-electron chi connectivity index (χ4n) is 2.88. The molecule has 3 aromatic rings. The van der Waals surface area contributed by atoms with Crippen molar-refractivity contribution < 1.29 is 19.4 Å². The van der Waals surface area contributed by atoms with Crippen LogP contribution in [0.1, 0.15) is 29.8 Å². The number of benzene rings is 2. The van der Waals surface area contributed by atoms with Crippen molar-refractivity contribution in [2.24, 2.45) is 0 Å². The molecule has 8 nitrogen and oxygen atoms in total. The van der Waals surface area contributed by atoms with E-state index in [1.54, 1.807) is 24.3 Å². The third-order valence-electron chi connectivity index (χ3n) is 4.19. The van der Waals surface area contributed by atoms with Gasteiger partial charge in [-0.15, -0.1) is 0 Å². The molecule has 0 radical (unpaired) electrons. The zero-order chi connectivity index (χ0) is 20.3. The Morgan fingerprint density at radius 2 is 1.64 bits per heavy atom. The van der Waals surface area contributed by atoms with E-state index in [-0.39, 0.29) is 12.1 Å². The van der Waals surface area contributed by atoms with Gasteiger partial charge in [-0.2, -0.15) is 0 Å². The number of nitrogens with zero attached hydrogens (tertiary/aromatic N) is 1. The highest BCUT2D eigenvalue weighted by molar-refractivity contribution is 5.87. The van der Waals surface area contributed by atoms with Crippen LogP contribution in [0.2, 0.25) is 0 Å². The number of carboxylic acids is 1. The zero-order valence-corrected chi connectivity index (χ0v) is 15.5. The van der Waals surface area contributed by atoms with Crippen molar-refractivity contribution in [3.63, 3.8) is 0 Å². The summed E-state index contributed by atoms with van der Waals surface area (Å²) in [6, 6.07) is 9.15. The standard InChI is InChI=1S/C20H20N2O6/c1-3-27-16-9-14-15(10-17(16)28-4-2)21-20(26)22(18(14)23)11-12-5-7-13(8-6-12)19(24)25/h5-10H,3-4,11H2,1-2H3,(H,21,26)(H,24,25). The Kier molecular flexibility index (Phi) is 5.49. The maximum atomic E-state index is 12.9. The molecular formula is C20H20N2O6. The molecule has 28 heavy (non-hydrogen) atoms. The molecule has 0 fully saturated rings. The molecule has 2 aromatic carbocycles. The second kappa shape index (κ2) is 7.99. The SMILES string of the molecule is CCOc1cc2[nH]c(=O)n(Cc3ccc(C(=O)O)cc3)c(=O)c2cc1OCC. The van der Waals surface area contributed by atoms with Crippen LogP contribution in [0.3, 0.4) is 0 Å². The second-order valence-electron chi connectivity index (χ2n) is 6.03. The van der Waals surface area contributed by atoms with Gasteiger partial charge in [0.05, 0.1) is 36.2 Å². The lowest BCUT2D eigenvalue weighted by molar-refractivity contribution is 0.0697. The monoisotopic (exact) mass is 384 g/mol. The summed E-state index contributed by atoms with van der Waals surface area (Å²) >= 11 is 0. The van der Waals surface area contributed by atoms with Crippen LogP contribution in [-0.2, 0) is 6.54 Å². The lowest BCUT2D eigenvalue weighted by atomic mass is 10.1. The molecule has 0 saturated carbocycles. The van der Waals surface area contributed by atoms with Crippen LogP contribution in [0.4, 0.5) is 0 Å². The zero-order valence-electron chi connectivity index (χ0n) is 15.5. The largest absolute Gasteiger partial charge is 0.490 e. The van der Waals surface area contributed by atoms with E-state index < -0.39 is 17.2 Å². The molecule has 0 spiro atoms. The summed E-state index contributed by atoms with van der Waals surface area (Å²) in [5.74, 6) is -0.159. The molecule has 0 aliphatic carbocycles. The van der Waals surface area contributed by atoms with Crippen LogP contribution in [0, 0.1) is 0 Å². The van der Waals surface area contributed by atoms with Gasteiger partial charge in [-0.25, -0.2) is 9.59 Å². The average molecular weight is 384 g/mol. The molecule has 146 valence electrons. The molecule has 0 bridgehead atoms. The lowest BCUT2D eigenvalue weighted by Crippen LogP contribution is -2.35. The molecule has 0 aliphatic rings. The minimum absolute atomic E-state index is 0.0151. The third kappa shape index (κ3) is 3.75. The third-order valence-corrected chi connectivity index (χ3v) is 4.19. The second-order valence-corrected chi connectivity index (χ2v) is 6.03. The number of aromatic amines is 1. The van der Waals surface area contributed by atoms with Gasteiger partial charge in [0.1, 0.15) is 0 Å². The molecular weight excluding hydrogens is 364 g/mol. The van der Waals surface area contributed by atoms with Gasteiger partial charge in [0.15, 0.2) is 11.5 Å². The van der Waals surface area contributed by atoms with Crippen LogP contribution in [0.15, 0.2) is 46.0 Å². The Balaban J connectivity index is 2.08. The van der Waals surface area contributed by atoms with Crippen molar-refractivity contribution in [3.05, 3.63) is 68.4 Å². The molecule has 0 amide bonds. The van der Waals surface area contributed by atoms with Crippen LogP contribution < -0.4 is 20.7 Å². The van der Waals surface area contributed by atoms with Gasteiger partial charge in [-0.3, -0.25) is 9.36 Å². The first-order chi connectivity index (χ1) is 13.4. The van der Waals surface area contributed by atoms with Crippen molar-refractivity contribution in [2.75, 3.05) is 13.2 Å². The van der Waals surface area contributed by atoms with Crippen LogP contribution in [-0.4, -0.2) is 33.8 Å². The Morgan fingerprint density at radius 1 is 1.04 bits per heavy atom. The van der Waals surface area contributed by atoms with Crippen molar-refractivity contribution >= 4 is 16.9 Å². The van der Waals surface area contributed by atoms with Gasteiger partial charge in [-0.05, 0) is 37.6 Å². The molecule has 0 aliphatic heterocycles. The van der Waals surface area contributed by atoms with Crippen molar-refractivity contribution in [2.45, 2.75) is 20.4 Å². The normalized spacial score (nSPS) is 10.8. The summed E-state index contributed by atoms with van der Waals surface area (Å²) in [4.78, 5) is 39.0. The summed E-state index contributed by atoms with van der Waals surface area (Å²) in [6.45, 7) is 4.49. The van der Waals surface area contributed by atoms with E-state index >= 15 is 0 Å². The minimum atomic E-state index is -1.04. The quantitative estimate of drug-likeness (QED) is 0.646. The van der Waals surface area contributed by atoms with Gasteiger partial charge in [0, 0.05) is 6.07 Å². The van der Waals surface area contributed by atoms with Gasteiger partial charge in [0.25, 0.3) is 5.56 Å². The maximum absolute atomic E-state index is 12.9. The summed E-state index contributed by atoms with van der Waals surface area (Å²) in [5.41, 5.74) is 0.0945. The highest BCUT2D eigenvalue weighted by Gasteiger charge is 2.14. The minimum Gasteiger partial charge on any atom is -0.490 e. The van der Waals surface area contributed by atoms with E-state index in [4.69, 9.17) is 14.6 Å². The van der Waals surface area contributed by atoms with Crippen molar-refractivity contribution in [3.8, 4) is 11.5 Å². The van der Waals surface area contributed by atoms with Gasteiger partial charge in [-0.1, -0.05) is 12.1 Å². The summed E-state index contributed by atoms with van der Waals surface area (Å²) in [7, 11) is 0. The smallest absolute Gasteiger partial charge is 0.335 e. The number of aromatic nitrogens is 2. The molecule has 1 aromatic heterocycles. The number of nitrogens with one attached hydrogen (secondary N) is 1. The number of hydrogen-bond donors (Lipinski definition) is 2. The van der Waals surface area contributed by atoms with E-state index in [0.29, 0.717) is 41.2 Å². The van der Waals surface area contributed by atoms with E-state index in [9.17, 15) is 14.4 Å².